The van der Waals surface area contributed by atoms with Gasteiger partial charge in [-0.05, 0) is 36.7 Å². The first-order valence-electron chi connectivity index (χ1n) is 10.6. The van der Waals surface area contributed by atoms with Crippen molar-refractivity contribution >= 4 is 5.82 Å². The summed E-state index contributed by atoms with van der Waals surface area (Å²) in [6, 6.07) is 1.67. The summed E-state index contributed by atoms with van der Waals surface area (Å²) in [6.45, 7) is 3.77. The second kappa shape index (κ2) is 7.67. The molecule has 7 nitrogen and oxygen atoms in total. The van der Waals surface area contributed by atoms with Crippen molar-refractivity contribution in [2.24, 2.45) is 17.8 Å². The number of imidazole rings is 1. The van der Waals surface area contributed by atoms with Crippen LogP contribution in [0.2, 0.25) is 0 Å². The molecule has 0 spiro atoms. The number of likely N-dealkylation sites (tertiary alicyclic amines) is 1. The van der Waals surface area contributed by atoms with Gasteiger partial charge in [-0.15, -0.1) is 13.2 Å². The highest BCUT2D eigenvalue weighted by Gasteiger charge is 2.57. The lowest BCUT2D eigenvalue weighted by molar-refractivity contribution is -0.274. The second-order valence-electron chi connectivity index (χ2n) is 8.82. The number of halogens is 3. The number of pyridine rings is 1. The number of ether oxygens (including phenoxy) is 2. The van der Waals surface area contributed by atoms with E-state index < -0.39 is 12.1 Å². The largest absolute Gasteiger partial charge is 0.573 e. The van der Waals surface area contributed by atoms with Gasteiger partial charge in [0.25, 0.3) is 0 Å². The molecule has 3 heterocycles. The van der Waals surface area contributed by atoms with Gasteiger partial charge in [-0.2, -0.15) is 0 Å². The van der Waals surface area contributed by atoms with Crippen molar-refractivity contribution in [3.05, 3.63) is 24.3 Å². The molecule has 0 radical (unpaired) electrons. The normalized spacial score (nSPS) is 25.6. The van der Waals surface area contributed by atoms with Crippen LogP contribution < -0.4 is 10.5 Å². The fourth-order valence-electron chi connectivity index (χ4n) is 4.76. The summed E-state index contributed by atoms with van der Waals surface area (Å²) >= 11 is 0. The number of nitrogen functional groups attached to an aromatic ring is 1. The maximum atomic E-state index is 12.7. The lowest BCUT2D eigenvalue weighted by Crippen LogP contribution is -2.28. The number of piperidine rings is 1. The fourth-order valence-corrected chi connectivity index (χ4v) is 4.76. The van der Waals surface area contributed by atoms with Crippen LogP contribution in [0.15, 0.2) is 18.5 Å². The Hall–Kier alpha value is -2.33. The molecule has 3 fully saturated rings. The van der Waals surface area contributed by atoms with Gasteiger partial charge in [0.05, 0.1) is 12.3 Å². The maximum absolute atomic E-state index is 12.7. The van der Waals surface area contributed by atoms with Crippen LogP contribution in [0.3, 0.4) is 0 Å². The first-order chi connectivity index (χ1) is 14.8. The standard InChI is InChI=1S/C21H26F3N5O2/c1-30-5-4-28-9-14-15(10-28)19(14)29-11-16(27-18(29)6-12-2-3-12)13-7-17(20(25)26-8-13)31-21(22,23)24/h7-8,11-12,14-15,19H,2-6,9-10H2,1H3,(H2,25,26). The van der Waals surface area contributed by atoms with Gasteiger partial charge in [0.1, 0.15) is 5.82 Å². The van der Waals surface area contributed by atoms with E-state index in [0.29, 0.717) is 35.1 Å². The summed E-state index contributed by atoms with van der Waals surface area (Å²) in [6.07, 6.45) is 1.90. The van der Waals surface area contributed by atoms with Crippen molar-refractivity contribution in [2.75, 3.05) is 39.1 Å². The lowest BCUT2D eigenvalue weighted by atomic mass is 10.2. The fraction of sp³-hybridized carbons (Fsp3) is 0.619. The van der Waals surface area contributed by atoms with Crippen molar-refractivity contribution in [3.63, 3.8) is 0 Å². The zero-order valence-corrected chi connectivity index (χ0v) is 17.3. The average molecular weight is 437 g/mol. The molecule has 2 saturated carbocycles. The van der Waals surface area contributed by atoms with Crippen LogP contribution >= 0.6 is 0 Å². The van der Waals surface area contributed by atoms with Crippen LogP contribution in [0.5, 0.6) is 5.75 Å². The van der Waals surface area contributed by atoms with Crippen LogP contribution in [0, 0.1) is 17.8 Å². The molecule has 2 aromatic rings. The Morgan fingerprint density at radius 3 is 2.61 bits per heavy atom. The summed E-state index contributed by atoms with van der Waals surface area (Å²) < 4.78 is 49.6. The first kappa shape index (κ1) is 20.6. The lowest BCUT2D eigenvalue weighted by Gasteiger charge is -2.20. The molecule has 3 aliphatic rings. The molecule has 0 amide bonds. The Morgan fingerprint density at radius 1 is 1.23 bits per heavy atom. The molecule has 31 heavy (non-hydrogen) atoms. The Labute approximate surface area is 178 Å². The van der Waals surface area contributed by atoms with E-state index in [2.05, 4.69) is 19.2 Å². The summed E-state index contributed by atoms with van der Waals surface area (Å²) in [4.78, 5) is 11.1. The van der Waals surface area contributed by atoms with Crippen molar-refractivity contribution in [1.82, 2.24) is 19.4 Å². The second-order valence-corrected chi connectivity index (χ2v) is 8.82. The Kier molecular flexibility index (Phi) is 5.09. The average Bonchev–Trinajstić information content (AvgIpc) is 3.55. The topological polar surface area (TPSA) is 78.4 Å². The van der Waals surface area contributed by atoms with Crippen molar-refractivity contribution in [1.29, 1.82) is 0 Å². The highest BCUT2D eigenvalue weighted by atomic mass is 19.4. The van der Waals surface area contributed by atoms with Crippen LogP contribution in [-0.2, 0) is 11.2 Å². The van der Waals surface area contributed by atoms with Crippen LogP contribution in [0.25, 0.3) is 11.3 Å². The number of methoxy groups -OCH3 is 1. The quantitative estimate of drug-likeness (QED) is 0.684. The molecule has 2 atom stereocenters. The minimum Gasteiger partial charge on any atom is -0.402 e. The van der Waals surface area contributed by atoms with E-state index in [1.54, 1.807) is 7.11 Å². The molecule has 168 valence electrons. The van der Waals surface area contributed by atoms with E-state index in [9.17, 15) is 13.2 Å². The minimum absolute atomic E-state index is 0.299. The third-order valence-corrected chi connectivity index (χ3v) is 6.54. The Balaban J connectivity index is 1.38. The van der Waals surface area contributed by atoms with Gasteiger partial charge in [0.15, 0.2) is 11.6 Å². The van der Waals surface area contributed by atoms with Gasteiger partial charge >= 0.3 is 6.36 Å². The van der Waals surface area contributed by atoms with E-state index in [1.165, 1.54) is 25.1 Å². The van der Waals surface area contributed by atoms with Gasteiger partial charge in [-0.3, -0.25) is 0 Å². The predicted octanol–water partition coefficient (Wildman–Crippen LogP) is 3.13. The van der Waals surface area contributed by atoms with Crippen LogP contribution in [0.4, 0.5) is 19.0 Å². The van der Waals surface area contributed by atoms with Crippen LogP contribution in [0.1, 0.15) is 24.7 Å². The maximum Gasteiger partial charge on any atom is 0.573 e. The summed E-state index contributed by atoms with van der Waals surface area (Å²) in [7, 11) is 1.72. The third-order valence-electron chi connectivity index (χ3n) is 6.54. The number of hydrogen-bond donors (Lipinski definition) is 1. The van der Waals surface area contributed by atoms with Gasteiger partial charge in [0, 0.05) is 57.2 Å². The minimum atomic E-state index is -4.83. The number of rotatable bonds is 8. The molecule has 2 unspecified atom stereocenters. The van der Waals surface area contributed by atoms with Crippen LogP contribution in [-0.4, -0.2) is 59.1 Å². The number of aromatic nitrogens is 3. The highest BCUT2D eigenvalue weighted by molar-refractivity contribution is 5.64. The smallest absolute Gasteiger partial charge is 0.402 e. The van der Waals surface area contributed by atoms with Gasteiger partial charge < -0.3 is 24.7 Å². The van der Waals surface area contributed by atoms with Gasteiger partial charge in [-0.25, -0.2) is 9.97 Å². The molecule has 5 rings (SSSR count). The zero-order chi connectivity index (χ0) is 21.8. The molecule has 2 aromatic heterocycles. The van der Waals surface area contributed by atoms with E-state index in [-0.39, 0.29) is 5.82 Å². The predicted molar refractivity (Wildman–Crippen MR) is 107 cm³/mol. The number of fused-ring (bicyclic) bond motifs is 1. The van der Waals surface area contributed by atoms with E-state index in [4.69, 9.17) is 15.5 Å². The number of hydrogen-bond acceptors (Lipinski definition) is 6. The molecular formula is C21H26F3N5O2. The molecule has 2 N–H and O–H groups in total. The number of anilines is 1. The molecular weight excluding hydrogens is 411 g/mol. The molecule has 10 heteroatoms. The molecule has 1 aliphatic heterocycles. The highest BCUT2D eigenvalue weighted by Crippen LogP contribution is 2.56. The Morgan fingerprint density at radius 2 is 1.97 bits per heavy atom. The first-order valence-corrected chi connectivity index (χ1v) is 10.6. The Bertz CT molecular complexity index is 947. The number of alkyl halides is 3. The van der Waals surface area contributed by atoms with E-state index in [0.717, 1.165) is 38.5 Å². The third kappa shape index (κ3) is 4.36. The SMILES string of the molecule is COCCN1CC2C(C1)C2n1cc(-c2cnc(N)c(OC(F)(F)F)c2)nc1CC1CC1. The zero-order valence-electron chi connectivity index (χ0n) is 17.3. The van der Waals surface area contributed by atoms with Crippen molar-refractivity contribution in [2.45, 2.75) is 31.7 Å². The molecule has 1 saturated heterocycles. The molecule has 0 aromatic carbocycles. The van der Waals surface area contributed by atoms with Crippen molar-refractivity contribution in [3.8, 4) is 17.0 Å². The number of nitrogens with two attached hydrogens (primary N) is 1. The monoisotopic (exact) mass is 437 g/mol. The van der Waals surface area contributed by atoms with E-state index in [1.807, 2.05) is 6.20 Å². The summed E-state index contributed by atoms with van der Waals surface area (Å²) in [5, 5.41) is 0. The molecule has 0 bridgehead atoms. The van der Waals surface area contributed by atoms with E-state index >= 15 is 0 Å². The summed E-state index contributed by atoms with van der Waals surface area (Å²) in [5.41, 5.74) is 6.65. The van der Waals surface area contributed by atoms with Gasteiger partial charge in [-0.1, -0.05) is 0 Å². The van der Waals surface area contributed by atoms with Crippen molar-refractivity contribution < 1.29 is 22.6 Å². The number of nitrogens with zero attached hydrogens (tertiary/aromatic N) is 4. The molecule has 2 aliphatic carbocycles. The van der Waals surface area contributed by atoms with Gasteiger partial charge in [0.2, 0.25) is 0 Å². The summed E-state index contributed by atoms with van der Waals surface area (Å²) in [5.74, 6) is 2.04.